The molecular weight excluding hydrogens is 471 g/mol. The molecule has 31 heavy (non-hydrogen) atoms. The molecule has 3 heterocycles. The summed E-state index contributed by atoms with van der Waals surface area (Å²) in [5, 5.41) is 15.5. The van der Waals surface area contributed by atoms with E-state index in [-0.39, 0.29) is 22.6 Å². The lowest BCUT2D eigenvalue weighted by Gasteiger charge is -2.39. The van der Waals surface area contributed by atoms with Crippen LogP contribution in [0.4, 0.5) is 9.18 Å². The van der Waals surface area contributed by atoms with Gasteiger partial charge in [0.1, 0.15) is 17.5 Å². The Hall–Kier alpha value is -2.79. The van der Waals surface area contributed by atoms with Crippen LogP contribution >= 0.6 is 15.9 Å². The van der Waals surface area contributed by atoms with Gasteiger partial charge in [-0.3, -0.25) is 9.36 Å². The van der Waals surface area contributed by atoms with E-state index in [9.17, 15) is 19.1 Å². The summed E-state index contributed by atoms with van der Waals surface area (Å²) in [6, 6.07) is 4.31. The van der Waals surface area contributed by atoms with Gasteiger partial charge in [0.25, 0.3) is 5.56 Å². The molecular formula is C20H22BrFN6O3. The van der Waals surface area contributed by atoms with Crippen LogP contribution in [0, 0.1) is 5.82 Å². The number of hydrogen-bond acceptors (Lipinski definition) is 5. The first-order valence-corrected chi connectivity index (χ1v) is 10.5. The van der Waals surface area contributed by atoms with Gasteiger partial charge in [0, 0.05) is 27.2 Å². The van der Waals surface area contributed by atoms with Crippen molar-refractivity contribution in [1.82, 2.24) is 29.1 Å². The molecule has 1 aromatic carbocycles. The Balaban J connectivity index is 1.57. The number of fused-ring (bicyclic) bond motifs is 1. The van der Waals surface area contributed by atoms with Crippen LogP contribution in [-0.2, 0) is 6.54 Å². The molecule has 0 saturated carbocycles. The number of urea groups is 1. The first-order chi connectivity index (χ1) is 14.7. The molecule has 1 fully saturated rings. The minimum absolute atomic E-state index is 0.0754. The Morgan fingerprint density at radius 1 is 1.32 bits per heavy atom. The molecule has 0 unspecified atom stereocenters. The molecule has 0 radical (unpaired) electrons. The quantitative estimate of drug-likeness (QED) is 0.602. The zero-order valence-corrected chi connectivity index (χ0v) is 18.7. The first-order valence-electron chi connectivity index (χ1n) is 9.76. The average Bonchev–Trinajstić information content (AvgIpc) is 3.17. The molecule has 1 aliphatic rings. The summed E-state index contributed by atoms with van der Waals surface area (Å²) in [7, 11) is 3.38. The second-order valence-electron chi connectivity index (χ2n) is 7.96. The highest BCUT2D eigenvalue weighted by Gasteiger charge is 2.35. The molecule has 3 aromatic rings. The number of piperidine rings is 1. The zero-order valence-electron chi connectivity index (χ0n) is 17.1. The number of hydrogen-bond donors (Lipinski definition) is 1. The number of likely N-dealkylation sites (tertiary alicyclic amines) is 1. The SMILES string of the molecule is CN(C)C(=O)N1CCC(O)(Cn2cnc3c(cnn3-c3ccc(F)c(Br)c3)c2=O)CC1. The molecule has 2 amide bonds. The minimum atomic E-state index is -1.11. The largest absolute Gasteiger partial charge is 0.388 e. The van der Waals surface area contributed by atoms with Crippen molar-refractivity contribution in [2.45, 2.75) is 25.0 Å². The van der Waals surface area contributed by atoms with Crippen molar-refractivity contribution >= 4 is 33.0 Å². The van der Waals surface area contributed by atoms with Crippen LogP contribution in [0.1, 0.15) is 12.8 Å². The van der Waals surface area contributed by atoms with E-state index in [2.05, 4.69) is 26.0 Å². The topological polar surface area (TPSA) is 96.5 Å². The molecule has 0 aliphatic carbocycles. The molecule has 1 aliphatic heterocycles. The van der Waals surface area contributed by atoms with Crippen LogP contribution in [-0.4, -0.2) is 73.1 Å². The van der Waals surface area contributed by atoms with Crippen molar-refractivity contribution in [3.05, 3.63) is 51.4 Å². The summed E-state index contributed by atoms with van der Waals surface area (Å²) in [6.45, 7) is 0.899. The van der Waals surface area contributed by atoms with Gasteiger partial charge in [0.15, 0.2) is 5.65 Å². The molecule has 4 rings (SSSR count). The lowest BCUT2D eigenvalue weighted by molar-refractivity contribution is -0.0282. The van der Waals surface area contributed by atoms with Crippen LogP contribution in [0.2, 0.25) is 0 Å². The molecule has 0 atom stereocenters. The average molecular weight is 493 g/mol. The molecule has 0 spiro atoms. The fourth-order valence-electron chi connectivity index (χ4n) is 3.74. The summed E-state index contributed by atoms with van der Waals surface area (Å²) in [5.41, 5.74) is -0.527. The number of nitrogens with zero attached hydrogens (tertiary/aromatic N) is 6. The number of carbonyl (C=O) groups excluding carboxylic acids is 1. The monoisotopic (exact) mass is 492 g/mol. The van der Waals surface area contributed by atoms with Crippen molar-refractivity contribution in [3.63, 3.8) is 0 Å². The summed E-state index contributed by atoms with van der Waals surface area (Å²) in [5.74, 6) is -0.401. The van der Waals surface area contributed by atoms with E-state index in [4.69, 9.17) is 0 Å². The Morgan fingerprint density at radius 3 is 2.68 bits per heavy atom. The van der Waals surface area contributed by atoms with Crippen LogP contribution in [0.15, 0.2) is 40.0 Å². The standard InChI is InChI=1S/C20H22BrFN6O3/c1-25(2)19(30)26-7-5-20(31,6-8-26)11-27-12-23-17-14(18(27)29)10-24-28(17)13-3-4-16(22)15(21)9-13/h3-4,9-10,12,31H,5-8,11H2,1-2H3. The van der Waals surface area contributed by atoms with Crippen LogP contribution < -0.4 is 5.56 Å². The third kappa shape index (κ3) is 4.07. The summed E-state index contributed by atoms with van der Waals surface area (Å²) in [6.07, 6.45) is 3.53. The van der Waals surface area contributed by atoms with Crippen molar-refractivity contribution in [2.24, 2.45) is 0 Å². The van der Waals surface area contributed by atoms with Gasteiger partial charge in [-0.15, -0.1) is 0 Å². The minimum Gasteiger partial charge on any atom is -0.388 e. The van der Waals surface area contributed by atoms with E-state index in [1.807, 2.05) is 0 Å². The molecule has 9 nitrogen and oxygen atoms in total. The normalized spacial score (nSPS) is 16.0. The highest BCUT2D eigenvalue weighted by molar-refractivity contribution is 9.10. The first kappa shape index (κ1) is 21.4. The van der Waals surface area contributed by atoms with E-state index in [0.29, 0.717) is 42.7 Å². The van der Waals surface area contributed by atoms with Gasteiger partial charge in [-0.25, -0.2) is 18.9 Å². The predicted octanol–water partition coefficient (Wildman–Crippen LogP) is 1.99. The highest BCUT2D eigenvalue weighted by atomic mass is 79.9. The van der Waals surface area contributed by atoms with Crippen LogP contribution in [0.3, 0.4) is 0 Å². The molecule has 1 saturated heterocycles. The Morgan fingerprint density at radius 2 is 2.03 bits per heavy atom. The van der Waals surface area contributed by atoms with Gasteiger partial charge in [-0.1, -0.05) is 0 Å². The van der Waals surface area contributed by atoms with E-state index in [1.54, 1.807) is 31.1 Å². The summed E-state index contributed by atoms with van der Waals surface area (Å²) < 4.78 is 16.7. The van der Waals surface area contributed by atoms with Gasteiger partial charge in [0.05, 0.1) is 28.5 Å². The Bertz CT molecular complexity index is 1200. The zero-order chi connectivity index (χ0) is 22.3. The second-order valence-corrected chi connectivity index (χ2v) is 8.81. The van der Waals surface area contributed by atoms with Crippen LogP contribution in [0.25, 0.3) is 16.7 Å². The number of carbonyl (C=O) groups is 1. The third-order valence-corrected chi connectivity index (χ3v) is 6.12. The molecule has 0 bridgehead atoms. The Labute approximate surface area is 185 Å². The maximum Gasteiger partial charge on any atom is 0.319 e. The van der Waals surface area contributed by atoms with Gasteiger partial charge < -0.3 is 14.9 Å². The Kier molecular flexibility index (Phi) is 5.56. The maximum atomic E-state index is 13.5. The van der Waals surface area contributed by atoms with Gasteiger partial charge >= 0.3 is 6.03 Å². The summed E-state index contributed by atoms with van der Waals surface area (Å²) in [4.78, 5) is 32.6. The number of rotatable bonds is 3. The van der Waals surface area contributed by atoms with Crippen molar-refractivity contribution in [2.75, 3.05) is 27.2 Å². The molecule has 1 N–H and O–H groups in total. The fourth-order valence-corrected chi connectivity index (χ4v) is 4.11. The van der Waals surface area contributed by atoms with Crippen molar-refractivity contribution < 1.29 is 14.3 Å². The fraction of sp³-hybridized carbons (Fsp3) is 0.400. The maximum absolute atomic E-state index is 13.5. The van der Waals surface area contributed by atoms with Crippen molar-refractivity contribution in [1.29, 1.82) is 0 Å². The molecule has 2 aromatic heterocycles. The van der Waals surface area contributed by atoms with E-state index in [0.717, 1.165) is 0 Å². The van der Waals surface area contributed by atoms with E-state index < -0.39 is 11.4 Å². The van der Waals surface area contributed by atoms with Gasteiger partial charge in [-0.2, -0.15) is 5.10 Å². The third-order valence-electron chi connectivity index (χ3n) is 5.51. The molecule has 11 heteroatoms. The van der Waals surface area contributed by atoms with Gasteiger partial charge in [0.2, 0.25) is 0 Å². The van der Waals surface area contributed by atoms with E-state index >= 15 is 0 Å². The van der Waals surface area contributed by atoms with Crippen LogP contribution in [0.5, 0.6) is 0 Å². The number of benzene rings is 1. The summed E-state index contributed by atoms with van der Waals surface area (Å²) >= 11 is 3.15. The number of aliphatic hydroxyl groups is 1. The second kappa shape index (κ2) is 8.04. The smallest absolute Gasteiger partial charge is 0.319 e. The van der Waals surface area contributed by atoms with E-state index in [1.165, 1.54) is 32.7 Å². The molecule has 164 valence electrons. The predicted molar refractivity (Wildman–Crippen MR) is 116 cm³/mol. The van der Waals surface area contributed by atoms with Crippen molar-refractivity contribution in [3.8, 4) is 5.69 Å². The number of aromatic nitrogens is 4. The lowest BCUT2D eigenvalue weighted by Crippen LogP contribution is -2.51. The lowest BCUT2D eigenvalue weighted by atomic mass is 9.91. The number of halogens is 2. The highest BCUT2D eigenvalue weighted by Crippen LogP contribution is 2.25. The number of amides is 2. The van der Waals surface area contributed by atoms with Gasteiger partial charge in [-0.05, 0) is 47.0 Å².